The van der Waals surface area contributed by atoms with Crippen LogP contribution in [-0.2, 0) is 12.8 Å². The van der Waals surface area contributed by atoms with Gasteiger partial charge in [-0.1, -0.05) is 48.5 Å². The van der Waals surface area contributed by atoms with Crippen LogP contribution in [0.25, 0.3) is 0 Å². The first kappa shape index (κ1) is 14.6. The van der Waals surface area contributed by atoms with Crippen LogP contribution in [-0.4, -0.2) is 5.11 Å². The summed E-state index contributed by atoms with van der Waals surface area (Å²) in [6.07, 6.45) is 4.36. The molecule has 18 heavy (non-hydrogen) atoms. The minimum atomic E-state index is 0. The molecule has 0 aliphatic heterocycles. The zero-order valence-corrected chi connectivity index (χ0v) is 11.2. The van der Waals surface area contributed by atoms with Gasteiger partial charge in [-0.15, -0.1) is 12.4 Å². The summed E-state index contributed by atoms with van der Waals surface area (Å²) < 4.78 is 0. The highest BCUT2D eigenvalue weighted by atomic mass is 35.5. The van der Waals surface area contributed by atoms with Crippen LogP contribution in [0.15, 0.2) is 54.6 Å². The Morgan fingerprint density at radius 3 is 2.06 bits per heavy atom. The van der Waals surface area contributed by atoms with Gasteiger partial charge in [-0.05, 0) is 42.9 Å². The van der Waals surface area contributed by atoms with Crippen LogP contribution in [0.3, 0.4) is 0 Å². The average molecular weight is 263 g/mol. The van der Waals surface area contributed by atoms with Crippen molar-refractivity contribution in [1.29, 1.82) is 0 Å². The van der Waals surface area contributed by atoms with Crippen molar-refractivity contribution >= 4 is 12.4 Å². The minimum absolute atomic E-state index is 0. The van der Waals surface area contributed by atoms with E-state index in [4.69, 9.17) is 0 Å². The monoisotopic (exact) mass is 262 g/mol. The predicted molar refractivity (Wildman–Crippen MR) is 78.4 cm³/mol. The molecule has 0 atom stereocenters. The Hall–Kier alpha value is -1.47. The van der Waals surface area contributed by atoms with E-state index in [1.165, 1.54) is 12.0 Å². The molecule has 2 aromatic carbocycles. The number of phenols is 1. The normalized spacial score (nSPS) is 9.78. The van der Waals surface area contributed by atoms with Gasteiger partial charge < -0.3 is 5.11 Å². The van der Waals surface area contributed by atoms with Crippen molar-refractivity contribution in [3.05, 3.63) is 65.7 Å². The van der Waals surface area contributed by atoms with Gasteiger partial charge >= 0.3 is 0 Å². The maximum Gasteiger partial charge on any atom is 0.118 e. The maximum atomic E-state index is 9.63. The molecule has 0 aromatic heterocycles. The second-order valence-electron chi connectivity index (χ2n) is 4.32. The van der Waals surface area contributed by atoms with Crippen LogP contribution >= 0.6 is 12.4 Å². The molecule has 1 N–H and O–H groups in total. The number of rotatable bonds is 5. The summed E-state index contributed by atoms with van der Waals surface area (Å²) >= 11 is 0. The summed E-state index contributed by atoms with van der Waals surface area (Å²) in [7, 11) is 0. The van der Waals surface area contributed by atoms with E-state index in [2.05, 4.69) is 24.3 Å². The topological polar surface area (TPSA) is 20.2 Å². The molecule has 0 aliphatic carbocycles. The van der Waals surface area contributed by atoms with Gasteiger partial charge in [0.15, 0.2) is 0 Å². The Labute approximate surface area is 115 Å². The molecule has 0 amide bonds. The van der Waals surface area contributed by atoms with E-state index in [0.717, 1.165) is 24.8 Å². The number of aryl methyl sites for hydroxylation is 2. The molecule has 2 aromatic rings. The fraction of sp³-hybridized carbons (Fsp3) is 0.250. The van der Waals surface area contributed by atoms with Crippen molar-refractivity contribution in [3.63, 3.8) is 0 Å². The van der Waals surface area contributed by atoms with Crippen LogP contribution in [0.2, 0.25) is 0 Å². The van der Waals surface area contributed by atoms with Gasteiger partial charge in [0.1, 0.15) is 5.75 Å². The number of aromatic hydroxyl groups is 1. The van der Waals surface area contributed by atoms with Crippen molar-refractivity contribution in [2.75, 3.05) is 0 Å². The van der Waals surface area contributed by atoms with E-state index in [-0.39, 0.29) is 12.4 Å². The fourth-order valence-electron chi connectivity index (χ4n) is 2.01. The maximum absolute atomic E-state index is 9.63. The van der Waals surface area contributed by atoms with Crippen LogP contribution in [0.5, 0.6) is 5.75 Å². The van der Waals surface area contributed by atoms with Gasteiger partial charge in [0.2, 0.25) is 0 Å². The predicted octanol–water partition coefficient (Wildman–Crippen LogP) is 4.38. The molecule has 0 bridgehead atoms. The van der Waals surface area contributed by atoms with Crippen molar-refractivity contribution in [2.24, 2.45) is 0 Å². The third kappa shape index (κ3) is 4.42. The Morgan fingerprint density at radius 1 is 0.722 bits per heavy atom. The molecule has 0 saturated carbocycles. The summed E-state index contributed by atoms with van der Waals surface area (Å²) in [4.78, 5) is 0. The molecule has 0 aliphatic rings. The summed E-state index contributed by atoms with van der Waals surface area (Å²) in [5.74, 6) is 0.423. The lowest BCUT2D eigenvalue weighted by atomic mass is 10.0. The number of halogens is 1. The zero-order chi connectivity index (χ0) is 11.9. The van der Waals surface area contributed by atoms with E-state index >= 15 is 0 Å². The number of hydrogen-bond acceptors (Lipinski definition) is 1. The number of para-hydroxylation sites is 1. The number of phenolic OH excluding ortho intramolecular Hbond substituents is 1. The third-order valence-corrected chi connectivity index (χ3v) is 3.00. The third-order valence-electron chi connectivity index (χ3n) is 3.00. The first-order valence-corrected chi connectivity index (χ1v) is 6.17. The zero-order valence-electron chi connectivity index (χ0n) is 10.4. The van der Waals surface area contributed by atoms with E-state index in [1.54, 1.807) is 6.07 Å². The number of unbranched alkanes of at least 4 members (excludes halogenated alkanes) is 1. The molecule has 0 saturated heterocycles. The van der Waals surface area contributed by atoms with Gasteiger partial charge in [-0.3, -0.25) is 0 Å². The van der Waals surface area contributed by atoms with Gasteiger partial charge in [-0.25, -0.2) is 0 Å². The quantitative estimate of drug-likeness (QED) is 0.793. The smallest absolute Gasteiger partial charge is 0.118 e. The van der Waals surface area contributed by atoms with Gasteiger partial charge in [0.25, 0.3) is 0 Å². The molecule has 96 valence electrons. The van der Waals surface area contributed by atoms with Crippen LogP contribution in [0, 0.1) is 0 Å². The number of benzene rings is 2. The largest absolute Gasteiger partial charge is 0.508 e. The highest BCUT2D eigenvalue weighted by Crippen LogP contribution is 2.18. The van der Waals surface area contributed by atoms with Crippen LogP contribution < -0.4 is 0 Å². The van der Waals surface area contributed by atoms with Crippen molar-refractivity contribution in [3.8, 4) is 5.75 Å². The van der Waals surface area contributed by atoms with E-state index in [1.807, 2.05) is 24.3 Å². The first-order chi connectivity index (χ1) is 8.36. The molecule has 0 heterocycles. The molecule has 0 fully saturated rings. The lowest BCUT2D eigenvalue weighted by Crippen LogP contribution is -1.89. The lowest BCUT2D eigenvalue weighted by molar-refractivity contribution is 0.466. The SMILES string of the molecule is Cl.Oc1ccccc1CCCCc1ccccc1. The molecule has 1 nitrogen and oxygen atoms in total. The first-order valence-electron chi connectivity index (χ1n) is 6.17. The van der Waals surface area contributed by atoms with E-state index < -0.39 is 0 Å². The fourth-order valence-corrected chi connectivity index (χ4v) is 2.01. The lowest BCUT2D eigenvalue weighted by Gasteiger charge is -2.04. The molecule has 0 unspecified atom stereocenters. The molecule has 0 spiro atoms. The standard InChI is InChI=1S/C16H18O.ClH/c17-16-13-7-6-12-15(16)11-5-4-10-14-8-2-1-3-9-14;/h1-3,6-9,12-13,17H,4-5,10-11H2;1H. The van der Waals surface area contributed by atoms with E-state index in [9.17, 15) is 5.11 Å². The highest BCUT2D eigenvalue weighted by molar-refractivity contribution is 5.85. The van der Waals surface area contributed by atoms with Crippen LogP contribution in [0.4, 0.5) is 0 Å². The van der Waals surface area contributed by atoms with Gasteiger partial charge in [0.05, 0.1) is 0 Å². The van der Waals surface area contributed by atoms with E-state index in [0.29, 0.717) is 5.75 Å². The summed E-state index contributed by atoms with van der Waals surface area (Å²) in [5, 5.41) is 9.63. The van der Waals surface area contributed by atoms with Crippen molar-refractivity contribution in [2.45, 2.75) is 25.7 Å². The molecule has 2 heteroatoms. The Morgan fingerprint density at radius 2 is 1.33 bits per heavy atom. The minimum Gasteiger partial charge on any atom is -0.508 e. The summed E-state index contributed by atoms with van der Waals surface area (Å²) in [5.41, 5.74) is 2.45. The highest BCUT2D eigenvalue weighted by Gasteiger charge is 1.99. The number of hydrogen-bond donors (Lipinski definition) is 1. The molecule has 0 radical (unpaired) electrons. The Kier molecular flexibility index (Phi) is 6.31. The van der Waals surface area contributed by atoms with Gasteiger partial charge in [-0.2, -0.15) is 0 Å². The Bertz CT molecular complexity index is 454. The van der Waals surface area contributed by atoms with Crippen LogP contribution in [0.1, 0.15) is 24.0 Å². The second-order valence-corrected chi connectivity index (χ2v) is 4.32. The molecular weight excluding hydrogens is 244 g/mol. The van der Waals surface area contributed by atoms with Crippen molar-refractivity contribution in [1.82, 2.24) is 0 Å². The summed E-state index contributed by atoms with van der Waals surface area (Å²) in [6.45, 7) is 0. The average Bonchev–Trinajstić information content (AvgIpc) is 2.38. The second kappa shape index (κ2) is 7.78. The molecule has 2 rings (SSSR count). The summed E-state index contributed by atoms with van der Waals surface area (Å²) in [6, 6.07) is 18.1. The molecular formula is C16H19ClO. The Balaban J connectivity index is 0.00000162. The van der Waals surface area contributed by atoms with Gasteiger partial charge in [0, 0.05) is 0 Å². The van der Waals surface area contributed by atoms with Crippen molar-refractivity contribution < 1.29 is 5.11 Å².